The first-order chi connectivity index (χ1) is 11.7. The number of unbranched alkanes of at least 4 members (excludes halogenated alkanes) is 1. The minimum atomic E-state index is 0.0393. The lowest BCUT2D eigenvalue weighted by Crippen LogP contribution is -2.30. The summed E-state index contributed by atoms with van der Waals surface area (Å²) in [4.78, 5) is 12.0. The zero-order valence-corrected chi connectivity index (χ0v) is 15.4. The van der Waals surface area contributed by atoms with Gasteiger partial charge < -0.3 is 14.3 Å². The third kappa shape index (κ3) is 5.12. The number of thioether (sulfide) groups is 1. The van der Waals surface area contributed by atoms with Crippen molar-refractivity contribution in [3.8, 4) is 11.6 Å². The smallest absolute Gasteiger partial charge is 0.230 e. The van der Waals surface area contributed by atoms with E-state index in [9.17, 15) is 4.79 Å². The summed E-state index contributed by atoms with van der Waals surface area (Å²) in [6, 6.07) is 3.65. The molecule has 1 N–H and O–H groups in total. The molecule has 0 aliphatic heterocycles. The summed E-state index contributed by atoms with van der Waals surface area (Å²) in [5.41, 5.74) is 0. The number of carbonyl (C=O) groups excluding carboxylic acids is 1. The number of nitrogens with zero attached hydrogens (tertiary/aromatic N) is 3. The molecule has 7 heteroatoms. The van der Waals surface area contributed by atoms with Gasteiger partial charge in [-0.3, -0.25) is 4.79 Å². The molecule has 2 rings (SSSR count). The second-order valence-corrected chi connectivity index (χ2v) is 6.79. The van der Waals surface area contributed by atoms with Gasteiger partial charge in [-0.1, -0.05) is 44.9 Å². The Balaban J connectivity index is 1.80. The molecule has 0 spiro atoms. The van der Waals surface area contributed by atoms with Crippen LogP contribution in [0.1, 0.15) is 39.5 Å². The highest BCUT2D eigenvalue weighted by Crippen LogP contribution is 2.22. The third-order valence-electron chi connectivity index (χ3n) is 4.04. The van der Waals surface area contributed by atoms with Gasteiger partial charge in [-0.15, -0.1) is 10.2 Å². The molecule has 2 heterocycles. The van der Waals surface area contributed by atoms with Crippen LogP contribution >= 0.6 is 11.8 Å². The molecule has 0 unspecified atom stereocenters. The van der Waals surface area contributed by atoms with E-state index in [0.29, 0.717) is 28.4 Å². The second kappa shape index (κ2) is 9.52. The molecule has 132 valence electrons. The first-order valence-electron chi connectivity index (χ1n) is 8.48. The van der Waals surface area contributed by atoms with E-state index in [-0.39, 0.29) is 5.91 Å². The van der Waals surface area contributed by atoms with Crippen LogP contribution in [0.25, 0.3) is 11.6 Å². The normalized spacial score (nSPS) is 12.3. The third-order valence-corrected chi connectivity index (χ3v) is 5.06. The summed E-state index contributed by atoms with van der Waals surface area (Å²) in [6.07, 6.45) is 6.30. The van der Waals surface area contributed by atoms with Crippen LogP contribution in [-0.4, -0.2) is 33.0 Å². The van der Waals surface area contributed by atoms with Gasteiger partial charge in [-0.2, -0.15) is 0 Å². The van der Waals surface area contributed by atoms with Crippen molar-refractivity contribution in [2.24, 2.45) is 13.0 Å². The molecule has 2 aromatic rings. The van der Waals surface area contributed by atoms with E-state index in [0.717, 1.165) is 13.0 Å². The first-order valence-corrected chi connectivity index (χ1v) is 9.47. The maximum absolute atomic E-state index is 12.0. The molecular formula is C17H26N4O2S. The lowest BCUT2D eigenvalue weighted by molar-refractivity contribution is -0.118. The number of hydrogen-bond acceptors (Lipinski definition) is 5. The number of nitrogens with one attached hydrogen (secondary N) is 1. The number of rotatable bonds is 10. The Labute approximate surface area is 147 Å². The lowest BCUT2D eigenvalue weighted by atomic mass is 9.99. The summed E-state index contributed by atoms with van der Waals surface area (Å²) in [7, 11) is 1.87. The fourth-order valence-electron chi connectivity index (χ4n) is 2.44. The maximum Gasteiger partial charge on any atom is 0.230 e. The Kier molecular flexibility index (Phi) is 7.36. The highest BCUT2D eigenvalue weighted by atomic mass is 32.2. The van der Waals surface area contributed by atoms with Crippen LogP contribution in [0.3, 0.4) is 0 Å². The van der Waals surface area contributed by atoms with Crippen molar-refractivity contribution in [2.45, 2.75) is 44.7 Å². The fraction of sp³-hybridized carbons (Fsp3) is 0.588. The lowest BCUT2D eigenvalue weighted by Gasteiger charge is -2.15. The van der Waals surface area contributed by atoms with E-state index in [2.05, 4.69) is 29.4 Å². The van der Waals surface area contributed by atoms with E-state index in [1.54, 1.807) is 6.26 Å². The van der Waals surface area contributed by atoms with Gasteiger partial charge in [0, 0.05) is 13.6 Å². The van der Waals surface area contributed by atoms with Gasteiger partial charge >= 0.3 is 0 Å². The highest BCUT2D eigenvalue weighted by Gasteiger charge is 2.15. The molecule has 0 bridgehead atoms. The van der Waals surface area contributed by atoms with E-state index < -0.39 is 0 Å². The first kappa shape index (κ1) is 18.6. The number of hydrogen-bond donors (Lipinski definition) is 1. The Bertz CT molecular complexity index is 625. The summed E-state index contributed by atoms with van der Waals surface area (Å²) in [6.45, 7) is 5.13. The minimum absolute atomic E-state index is 0.0393. The second-order valence-electron chi connectivity index (χ2n) is 5.85. The van der Waals surface area contributed by atoms with Gasteiger partial charge in [-0.25, -0.2) is 0 Å². The largest absolute Gasteiger partial charge is 0.461 e. The van der Waals surface area contributed by atoms with Crippen molar-refractivity contribution in [3.63, 3.8) is 0 Å². The van der Waals surface area contributed by atoms with Crippen molar-refractivity contribution in [2.75, 3.05) is 12.3 Å². The van der Waals surface area contributed by atoms with Gasteiger partial charge in [0.05, 0.1) is 12.0 Å². The van der Waals surface area contributed by atoms with Crippen LogP contribution in [0.2, 0.25) is 0 Å². The predicted molar refractivity (Wildman–Crippen MR) is 95.7 cm³/mol. The minimum Gasteiger partial charge on any atom is -0.461 e. The Morgan fingerprint density at radius 3 is 2.92 bits per heavy atom. The average Bonchev–Trinajstić information content (AvgIpc) is 3.23. The van der Waals surface area contributed by atoms with Gasteiger partial charge in [0.1, 0.15) is 0 Å². The molecule has 0 saturated heterocycles. The Morgan fingerprint density at radius 1 is 1.42 bits per heavy atom. The summed E-state index contributed by atoms with van der Waals surface area (Å²) in [5.74, 6) is 2.28. The van der Waals surface area contributed by atoms with Crippen molar-refractivity contribution in [3.05, 3.63) is 18.4 Å². The Morgan fingerprint density at radius 2 is 2.25 bits per heavy atom. The van der Waals surface area contributed by atoms with E-state index in [4.69, 9.17) is 4.42 Å². The Hall–Kier alpha value is -1.76. The summed E-state index contributed by atoms with van der Waals surface area (Å²) < 4.78 is 7.18. The molecule has 0 radical (unpaired) electrons. The van der Waals surface area contributed by atoms with Crippen LogP contribution in [0, 0.1) is 5.92 Å². The van der Waals surface area contributed by atoms with E-state index >= 15 is 0 Å². The summed E-state index contributed by atoms with van der Waals surface area (Å²) in [5, 5.41) is 12.0. The number of aromatic nitrogens is 3. The number of carbonyl (C=O) groups is 1. The highest BCUT2D eigenvalue weighted by molar-refractivity contribution is 7.99. The summed E-state index contributed by atoms with van der Waals surface area (Å²) >= 11 is 1.39. The molecule has 6 nitrogen and oxygen atoms in total. The van der Waals surface area contributed by atoms with Gasteiger partial charge in [0.2, 0.25) is 5.91 Å². The SMILES string of the molecule is CCCC[C@@H](CC)CNC(=O)CSc1nnc(-c2ccco2)n1C. The van der Waals surface area contributed by atoms with Gasteiger partial charge in [0.25, 0.3) is 0 Å². The standard InChI is InChI=1S/C17H26N4O2S/c1-4-6-8-13(5-2)11-18-15(22)12-24-17-20-19-16(21(17)3)14-9-7-10-23-14/h7,9-10,13H,4-6,8,11-12H2,1-3H3,(H,18,22)/t13-/m1/s1. The number of furan rings is 1. The molecule has 24 heavy (non-hydrogen) atoms. The molecule has 0 aliphatic rings. The molecule has 0 fully saturated rings. The van der Waals surface area contributed by atoms with Gasteiger partial charge in [-0.05, 0) is 24.5 Å². The fourth-order valence-corrected chi connectivity index (χ4v) is 3.18. The van der Waals surface area contributed by atoms with E-state index in [1.807, 2.05) is 23.7 Å². The quantitative estimate of drug-likeness (QED) is 0.664. The van der Waals surface area contributed by atoms with Crippen molar-refractivity contribution in [1.29, 1.82) is 0 Å². The van der Waals surface area contributed by atoms with Gasteiger partial charge in [0.15, 0.2) is 16.7 Å². The molecule has 0 saturated carbocycles. The zero-order chi connectivity index (χ0) is 17.4. The average molecular weight is 350 g/mol. The molecule has 2 aromatic heterocycles. The van der Waals surface area contributed by atoms with Crippen LogP contribution < -0.4 is 5.32 Å². The topological polar surface area (TPSA) is 73.0 Å². The van der Waals surface area contributed by atoms with Crippen LogP contribution in [0.15, 0.2) is 28.0 Å². The van der Waals surface area contributed by atoms with Crippen molar-refractivity contribution < 1.29 is 9.21 Å². The van der Waals surface area contributed by atoms with Crippen LogP contribution in [-0.2, 0) is 11.8 Å². The number of amides is 1. The molecule has 1 amide bonds. The van der Waals surface area contributed by atoms with Crippen molar-refractivity contribution >= 4 is 17.7 Å². The predicted octanol–water partition coefficient (Wildman–Crippen LogP) is 3.50. The van der Waals surface area contributed by atoms with Crippen LogP contribution in [0.4, 0.5) is 0 Å². The molecule has 1 atom stereocenters. The maximum atomic E-state index is 12.0. The molecule has 0 aliphatic carbocycles. The monoisotopic (exact) mass is 350 g/mol. The molecular weight excluding hydrogens is 324 g/mol. The van der Waals surface area contributed by atoms with Crippen LogP contribution in [0.5, 0.6) is 0 Å². The van der Waals surface area contributed by atoms with Crippen molar-refractivity contribution in [1.82, 2.24) is 20.1 Å². The molecule has 0 aromatic carbocycles. The zero-order valence-electron chi connectivity index (χ0n) is 14.6. The van der Waals surface area contributed by atoms with E-state index in [1.165, 1.54) is 31.0 Å².